The van der Waals surface area contributed by atoms with E-state index in [9.17, 15) is 4.39 Å². The summed E-state index contributed by atoms with van der Waals surface area (Å²) in [5.41, 5.74) is 0.957. The summed E-state index contributed by atoms with van der Waals surface area (Å²) in [5, 5.41) is 3.45. The van der Waals surface area contributed by atoms with E-state index in [1.54, 1.807) is 6.07 Å². The standard InChI is InChI=1S/C15H24FN3S/c1-4-14(10-20-3)19(2)15-11(7-12(16)9-18-15)8-17-13-5-6-13/h7,9,13-14,17H,4-6,8,10H2,1-3H3. The lowest BCUT2D eigenvalue weighted by atomic mass is 10.2. The van der Waals surface area contributed by atoms with Crippen LogP contribution < -0.4 is 10.2 Å². The van der Waals surface area contributed by atoms with E-state index in [-0.39, 0.29) is 5.82 Å². The smallest absolute Gasteiger partial charge is 0.141 e. The van der Waals surface area contributed by atoms with Crippen molar-refractivity contribution < 1.29 is 4.39 Å². The fraction of sp³-hybridized carbons (Fsp3) is 0.667. The molecule has 1 N–H and O–H groups in total. The molecular weight excluding hydrogens is 273 g/mol. The lowest BCUT2D eigenvalue weighted by molar-refractivity contribution is 0.604. The molecule has 0 saturated heterocycles. The average molecular weight is 297 g/mol. The number of hydrogen-bond donors (Lipinski definition) is 1. The minimum Gasteiger partial charge on any atom is -0.356 e. The van der Waals surface area contributed by atoms with Gasteiger partial charge < -0.3 is 10.2 Å². The molecule has 1 unspecified atom stereocenters. The van der Waals surface area contributed by atoms with Crippen molar-refractivity contribution in [3.63, 3.8) is 0 Å². The molecule has 0 aromatic carbocycles. The average Bonchev–Trinajstić information content (AvgIpc) is 3.26. The van der Waals surface area contributed by atoms with Crippen molar-refractivity contribution in [3.8, 4) is 0 Å². The maximum absolute atomic E-state index is 13.5. The summed E-state index contributed by atoms with van der Waals surface area (Å²) in [6.45, 7) is 2.88. The molecule has 1 saturated carbocycles. The quantitative estimate of drug-likeness (QED) is 0.798. The number of nitrogens with zero attached hydrogens (tertiary/aromatic N) is 2. The van der Waals surface area contributed by atoms with Gasteiger partial charge >= 0.3 is 0 Å². The normalized spacial score (nSPS) is 16.2. The molecular formula is C15H24FN3S. The number of thioether (sulfide) groups is 1. The number of anilines is 1. The zero-order valence-corrected chi connectivity index (χ0v) is 13.3. The minimum absolute atomic E-state index is 0.257. The molecule has 1 aromatic heterocycles. The van der Waals surface area contributed by atoms with E-state index in [4.69, 9.17) is 0 Å². The van der Waals surface area contributed by atoms with Gasteiger partial charge in [0, 0.05) is 37.0 Å². The summed E-state index contributed by atoms with van der Waals surface area (Å²) in [7, 11) is 2.06. The van der Waals surface area contributed by atoms with Crippen molar-refractivity contribution in [1.82, 2.24) is 10.3 Å². The van der Waals surface area contributed by atoms with E-state index in [0.29, 0.717) is 18.6 Å². The summed E-state index contributed by atoms with van der Waals surface area (Å²) in [4.78, 5) is 6.52. The maximum atomic E-state index is 13.5. The van der Waals surface area contributed by atoms with Crippen LogP contribution in [0, 0.1) is 5.82 Å². The van der Waals surface area contributed by atoms with Gasteiger partial charge in [-0.3, -0.25) is 0 Å². The Morgan fingerprint density at radius 2 is 2.30 bits per heavy atom. The van der Waals surface area contributed by atoms with E-state index >= 15 is 0 Å². The largest absolute Gasteiger partial charge is 0.356 e. The summed E-state index contributed by atoms with van der Waals surface area (Å²) < 4.78 is 13.5. The molecule has 1 aliphatic carbocycles. The third kappa shape index (κ3) is 4.09. The van der Waals surface area contributed by atoms with Gasteiger partial charge in [-0.15, -0.1) is 0 Å². The summed E-state index contributed by atoms with van der Waals surface area (Å²) in [6, 6.07) is 2.66. The van der Waals surface area contributed by atoms with Crippen molar-refractivity contribution in [2.24, 2.45) is 0 Å². The Bertz CT molecular complexity index is 437. The first-order valence-electron chi connectivity index (χ1n) is 7.25. The van der Waals surface area contributed by atoms with Crippen LogP contribution in [0.2, 0.25) is 0 Å². The van der Waals surface area contributed by atoms with Crippen LogP contribution >= 0.6 is 11.8 Å². The van der Waals surface area contributed by atoms with Gasteiger partial charge in [-0.25, -0.2) is 9.37 Å². The van der Waals surface area contributed by atoms with Crippen molar-refractivity contribution in [2.45, 2.75) is 44.8 Å². The number of aromatic nitrogens is 1. The molecule has 0 amide bonds. The van der Waals surface area contributed by atoms with Gasteiger partial charge in [-0.1, -0.05) is 6.92 Å². The predicted octanol–water partition coefficient (Wildman–Crippen LogP) is 3.05. The predicted molar refractivity (Wildman–Crippen MR) is 84.9 cm³/mol. The monoisotopic (exact) mass is 297 g/mol. The Hall–Kier alpha value is -0.810. The van der Waals surface area contributed by atoms with Gasteiger partial charge in [0.05, 0.1) is 6.20 Å². The highest BCUT2D eigenvalue weighted by molar-refractivity contribution is 7.98. The number of hydrogen-bond acceptors (Lipinski definition) is 4. The van der Waals surface area contributed by atoms with Gasteiger partial charge in [0.1, 0.15) is 11.6 Å². The van der Waals surface area contributed by atoms with Crippen LogP contribution in [0.15, 0.2) is 12.3 Å². The molecule has 1 fully saturated rings. The Morgan fingerprint density at radius 1 is 1.55 bits per heavy atom. The lowest BCUT2D eigenvalue weighted by Gasteiger charge is -2.29. The molecule has 1 aromatic rings. The SMILES string of the molecule is CCC(CSC)N(C)c1ncc(F)cc1CNC1CC1. The molecule has 0 spiro atoms. The highest BCUT2D eigenvalue weighted by atomic mass is 32.2. The van der Waals surface area contributed by atoms with E-state index < -0.39 is 0 Å². The Labute approximate surface area is 125 Å². The molecule has 0 bridgehead atoms. The van der Waals surface area contributed by atoms with Crippen LogP contribution in [-0.2, 0) is 6.54 Å². The molecule has 1 heterocycles. The van der Waals surface area contributed by atoms with Crippen LogP contribution in [0.25, 0.3) is 0 Å². The molecule has 20 heavy (non-hydrogen) atoms. The lowest BCUT2D eigenvalue weighted by Crippen LogP contribution is -2.35. The fourth-order valence-corrected chi connectivity index (χ4v) is 3.18. The van der Waals surface area contributed by atoms with Crippen molar-refractivity contribution in [1.29, 1.82) is 0 Å². The topological polar surface area (TPSA) is 28.2 Å². The third-order valence-corrected chi connectivity index (χ3v) is 4.50. The first-order chi connectivity index (χ1) is 9.65. The van der Waals surface area contributed by atoms with Crippen molar-refractivity contribution >= 4 is 17.6 Å². The van der Waals surface area contributed by atoms with Crippen LogP contribution in [0.1, 0.15) is 31.7 Å². The van der Waals surface area contributed by atoms with Crippen LogP contribution in [0.3, 0.4) is 0 Å². The molecule has 1 atom stereocenters. The Balaban J connectivity index is 2.14. The highest BCUT2D eigenvalue weighted by Gasteiger charge is 2.22. The van der Waals surface area contributed by atoms with Gasteiger partial charge in [-0.2, -0.15) is 11.8 Å². The van der Waals surface area contributed by atoms with E-state index in [1.165, 1.54) is 19.0 Å². The summed E-state index contributed by atoms with van der Waals surface area (Å²) in [5.74, 6) is 1.70. The molecule has 3 nitrogen and oxygen atoms in total. The first-order valence-corrected chi connectivity index (χ1v) is 8.64. The summed E-state index contributed by atoms with van der Waals surface area (Å²) >= 11 is 1.84. The second kappa shape index (κ2) is 7.27. The Morgan fingerprint density at radius 3 is 2.90 bits per heavy atom. The van der Waals surface area contributed by atoms with Gasteiger partial charge in [0.2, 0.25) is 0 Å². The van der Waals surface area contributed by atoms with Gasteiger partial charge in [0.25, 0.3) is 0 Å². The molecule has 1 aliphatic rings. The molecule has 0 radical (unpaired) electrons. The number of halogens is 1. The van der Waals surface area contributed by atoms with E-state index in [2.05, 4.69) is 35.4 Å². The zero-order valence-electron chi connectivity index (χ0n) is 12.5. The maximum Gasteiger partial charge on any atom is 0.141 e. The highest BCUT2D eigenvalue weighted by Crippen LogP contribution is 2.24. The zero-order chi connectivity index (χ0) is 14.5. The number of rotatable bonds is 8. The van der Waals surface area contributed by atoms with Crippen molar-refractivity contribution in [3.05, 3.63) is 23.6 Å². The van der Waals surface area contributed by atoms with E-state index in [0.717, 1.165) is 23.6 Å². The second-order valence-electron chi connectivity index (χ2n) is 5.42. The number of nitrogens with one attached hydrogen (secondary N) is 1. The molecule has 2 rings (SSSR count). The summed E-state index contributed by atoms with van der Waals surface area (Å²) in [6.07, 6.45) is 6.96. The third-order valence-electron chi connectivity index (χ3n) is 3.78. The second-order valence-corrected chi connectivity index (χ2v) is 6.33. The van der Waals surface area contributed by atoms with Gasteiger partial charge in [0.15, 0.2) is 0 Å². The Kier molecular flexibility index (Phi) is 5.66. The molecule has 5 heteroatoms. The molecule has 0 aliphatic heterocycles. The first kappa shape index (κ1) is 15.6. The van der Waals surface area contributed by atoms with Gasteiger partial charge in [-0.05, 0) is 31.6 Å². The van der Waals surface area contributed by atoms with Crippen LogP contribution in [0.5, 0.6) is 0 Å². The molecule has 112 valence electrons. The fourth-order valence-electron chi connectivity index (χ4n) is 2.33. The van der Waals surface area contributed by atoms with E-state index in [1.807, 2.05) is 11.8 Å². The minimum atomic E-state index is -0.257. The van der Waals surface area contributed by atoms with Crippen molar-refractivity contribution in [2.75, 3.05) is 24.0 Å². The van der Waals surface area contributed by atoms with Crippen LogP contribution in [0.4, 0.5) is 10.2 Å². The van der Waals surface area contributed by atoms with Crippen LogP contribution in [-0.4, -0.2) is 36.1 Å². The number of pyridine rings is 1.